The molecule has 2 amide bonds. The van der Waals surface area contributed by atoms with Crippen LogP contribution in [0.4, 0.5) is 0 Å². The Morgan fingerprint density at radius 2 is 1.94 bits per heavy atom. The van der Waals surface area contributed by atoms with Gasteiger partial charge in [0.25, 0.3) is 0 Å². The minimum Gasteiger partial charge on any atom is -0.395 e. The van der Waals surface area contributed by atoms with E-state index in [9.17, 15) is 18.0 Å². The van der Waals surface area contributed by atoms with Gasteiger partial charge in [0.1, 0.15) is 6.04 Å². The molecular weight excluding hydrogens is 490 g/mol. The van der Waals surface area contributed by atoms with E-state index in [4.69, 9.17) is 15.6 Å². The number of aliphatic hydroxyl groups is 1. The maximum absolute atomic E-state index is 12.6. The van der Waals surface area contributed by atoms with E-state index >= 15 is 0 Å². The molecule has 0 radical (unpaired) electrons. The van der Waals surface area contributed by atoms with Crippen molar-refractivity contribution >= 4 is 21.7 Å². The molecule has 13 nitrogen and oxygen atoms in total. The average molecular weight is 526 g/mol. The van der Waals surface area contributed by atoms with E-state index in [1.807, 2.05) is 30.3 Å². The standard InChI is InChI=1S/C22H35N7O6S/c1-22(2,23)21(32)25-18(16-35-15-17-7-4-3-5-8-17)20-26-27-28-29(20)11-6-9-19(31)24-10-13-36(33,34)14-12-30/h3-5,7-8,18,30H,6,9-16,23H2,1-2H3,(H,24,31)(H,25,32)/t18-/m1/s1. The SMILES string of the molecule is CC(C)(N)C(=O)N[C@H](COCc1ccccc1)c1nnnn1CCCC(=O)NCCS(=O)(=O)CCO. The number of aryl methyl sites for hydroxylation is 1. The van der Waals surface area contributed by atoms with Crippen LogP contribution in [-0.4, -0.2) is 82.3 Å². The second-order valence-electron chi connectivity index (χ2n) is 8.84. The van der Waals surface area contributed by atoms with Gasteiger partial charge in [0.05, 0.1) is 36.9 Å². The summed E-state index contributed by atoms with van der Waals surface area (Å²) < 4.78 is 30.5. The number of nitrogens with zero attached hydrogens (tertiary/aromatic N) is 4. The van der Waals surface area contributed by atoms with E-state index < -0.39 is 33.9 Å². The highest BCUT2D eigenvalue weighted by molar-refractivity contribution is 7.91. The number of rotatable bonds is 16. The fourth-order valence-corrected chi connectivity index (χ4v) is 3.97. The van der Waals surface area contributed by atoms with Crippen LogP contribution in [0.3, 0.4) is 0 Å². The molecule has 1 atom stereocenters. The number of nitrogens with one attached hydrogen (secondary N) is 2. The molecule has 5 N–H and O–H groups in total. The number of benzene rings is 1. The van der Waals surface area contributed by atoms with Gasteiger partial charge in [-0.2, -0.15) is 0 Å². The zero-order valence-electron chi connectivity index (χ0n) is 20.6. The third-order valence-corrected chi connectivity index (χ3v) is 6.70. The van der Waals surface area contributed by atoms with Crippen LogP contribution in [0.2, 0.25) is 0 Å². The van der Waals surface area contributed by atoms with E-state index in [0.29, 0.717) is 18.9 Å². The van der Waals surface area contributed by atoms with E-state index in [1.54, 1.807) is 13.8 Å². The summed E-state index contributed by atoms with van der Waals surface area (Å²) in [6.07, 6.45) is 0.498. The van der Waals surface area contributed by atoms with Gasteiger partial charge in [-0.3, -0.25) is 9.59 Å². The molecule has 2 aromatic rings. The monoisotopic (exact) mass is 525 g/mol. The van der Waals surface area contributed by atoms with Gasteiger partial charge >= 0.3 is 0 Å². The maximum Gasteiger partial charge on any atom is 0.240 e. The van der Waals surface area contributed by atoms with Crippen molar-refractivity contribution in [1.29, 1.82) is 0 Å². The van der Waals surface area contributed by atoms with E-state index in [1.165, 1.54) is 4.68 Å². The molecule has 2 rings (SSSR count). The Kier molecular flexibility index (Phi) is 11.4. The predicted octanol–water partition coefficient (Wildman–Crippen LogP) is -0.912. The molecule has 0 saturated carbocycles. The van der Waals surface area contributed by atoms with Crippen LogP contribution in [0.15, 0.2) is 30.3 Å². The molecule has 1 aromatic carbocycles. The molecule has 0 unspecified atom stereocenters. The quantitative estimate of drug-likeness (QED) is 0.213. The molecule has 0 aliphatic rings. The predicted molar refractivity (Wildman–Crippen MR) is 131 cm³/mol. The molecule has 0 spiro atoms. The molecule has 14 heteroatoms. The molecule has 36 heavy (non-hydrogen) atoms. The van der Waals surface area contributed by atoms with Gasteiger partial charge in [0.15, 0.2) is 15.7 Å². The van der Waals surface area contributed by atoms with Crippen LogP contribution in [0.1, 0.15) is 44.1 Å². The Bertz CT molecular complexity index is 1070. The summed E-state index contributed by atoms with van der Waals surface area (Å²) in [4.78, 5) is 24.6. The number of carbonyl (C=O) groups excluding carboxylic acids is 2. The van der Waals surface area contributed by atoms with Gasteiger partial charge in [-0.1, -0.05) is 30.3 Å². The second-order valence-corrected chi connectivity index (χ2v) is 11.1. The smallest absolute Gasteiger partial charge is 0.240 e. The van der Waals surface area contributed by atoms with Crippen molar-refractivity contribution in [2.24, 2.45) is 5.73 Å². The van der Waals surface area contributed by atoms with Gasteiger partial charge < -0.3 is 26.2 Å². The summed E-state index contributed by atoms with van der Waals surface area (Å²) in [7, 11) is -3.40. The molecule has 0 saturated heterocycles. The zero-order chi connectivity index (χ0) is 26.6. The van der Waals surface area contributed by atoms with Gasteiger partial charge in [-0.05, 0) is 36.3 Å². The molecule has 1 heterocycles. The fraction of sp³-hybridized carbons (Fsp3) is 0.591. The molecule has 0 aliphatic carbocycles. The number of carbonyl (C=O) groups is 2. The van der Waals surface area contributed by atoms with Crippen molar-refractivity contribution in [1.82, 2.24) is 30.8 Å². The first-order chi connectivity index (χ1) is 17.0. The molecule has 0 fully saturated rings. The number of amides is 2. The van der Waals surface area contributed by atoms with Crippen LogP contribution in [0, 0.1) is 0 Å². The van der Waals surface area contributed by atoms with Crippen molar-refractivity contribution in [3.63, 3.8) is 0 Å². The highest BCUT2D eigenvalue weighted by Gasteiger charge is 2.28. The first-order valence-corrected chi connectivity index (χ1v) is 13.4. The van der Waals surface area contributed by atoms with Crippen LogP contribution in [0.25, 0.3) is 0 Å². The lowest BCUT2D eigenvalue weighted by molar-refractivity contribution is -0.126. The number of nitrogens with two attached hydrogens (primary N) is 1. The Hall–Kier alpha value is -2.94. The Labute approximate surface area is 210 Å². The van der Waals surface area contributed by atoms with Gasteiger partial charge in [-0.15, -0.1) is 5.10 Å². The summed E-state index contributed by atoms with van der Waals surface area (Å²) in [6, 6.07) is 8.88. The minimum absolute atomic E-state index is 0.0287. The number of aliphatic hydroxyl groups excluding tert-OH is 1. The topological polar surface area (TPSA) is 191 Å². The van der Waals surface area contributed by atoms with Crippen molar-refractivity contribution in [3.05, 3.63) is 41.7 Å². The lowest BCUT2D eigenvalue weighted by Crippen LogP contribution is -2.51. The van der Waals surface area contributed by atoms with Gasteiger partial charge in [0, 0.05) is 19.5 Å². The van der Waals surface area contributed by atoms with Crippen molar-refractivity contribution in [2.45, 2.75) is 51.4 Å². The number of hydrogen-bond acceptors (Lipinski definition) is 10. The van der Waals surface area contributed by atoms with Crippen LogP contribution < -0.4 is 16.4 Å². The minimum atomic E-state index is -3.40. The molecule has 0 aliphatic heterocycles. The summed E-state index contributed by atoms with van der Waals surface area (Å²) in [5.74, 6) is -0.932. The van der Waals surface area contributed by atoms with Crippen LogP contribution >= 0.6 is 0 Å². The van der Waals surface area contributed by atoms with Crippen molar-refractivity contribution < 1.29 is 27.9 Å². The Morgan fingerprint density at radius 1 is 1.22 bits per heavy atom. The van der Waals surface area contributed by atoms with E-state index in [0.717, 1.165) is 5.56 Å². The number of aromatic nitrogens is 4. The maximum atomic E-state index is 12.6. The normalized spacial score (nSPS) is 12.8. The average Bonchev–Trinajstić information content (AvgIpc) is 3.26. The zero-order valence-corrected chi connectivity index (χ0v) is 21.4. The summed E-state index contributed by atoms with van der Waals surface area (Å²) >= 11 is 0. The fourth-order valence-electron chi connectivity index (χ4n) is 3.08. The summed E-state index contributed by atoms with van der Waals surface area (Å²) in [5, 5.41) is 25.8. The Balaban J connectivity index is 1.94. The molecular formula is C22H35N7O6S. The highest BCUT2D eigenvalue weighted by Crippen LogP contribution is 2.14. The third-order valence-electron chi connectivity index (χ3n) is 5.07. The Morgan fingerprint density at radius 3 is 2.61 bits per heavy atom. The molecule has 0 bridgehead atoms. The largest absolute Gasteiger partial charge is 0.395 e. The summed E-state index contributed by atoms with van der Waals surface area (Å²) in [5.41, 5.74) is 5.77. The van der Waals surface area contributed by atoms with Crippen molar-refractivity contribution in [2.75, 3.05) is 31.3 Å². The highest BCUT2D eigenvalue weighted by atomic mass is 32.2. The number of tetrazole rings is 1. The van der Waals surface area contributed by atoms with E-state index in [2.05, 4.69) is 26.2 Å². The summed E-state index contributed by atoms with van der Waals surface area (Å²) in [6.45, 7) is 3.40. The lowest BCUT2D eigenvalue weighted by Gasteiger charge is -2.23. The molecule has 1 aromatic heterocycles. The first-order valence-electron chi connectivity index (χ1n) is 11.6. The number of sulfone groups is 1. The number of ether oxygens (including phenoxy) is 1. The lowest BCUT2D eigenvalue weighted by atomic mass is 10.1. The van der Waals surface area contributed by atoms with Gasteiger partial charge in [0.2, 0.25) is 11.8 Å². The van der Waals surface area contributed by atoms with Gasteiger partial charge in [-0.25, -0.2) is 13.1 Å². The van der Waals surface area contributed by atoms with Crippen molar-refractivity contribution in [3.8, 4) is 0 Å². The first kappa shape index (κ1) is 29.3. The number of hydrogen-bond donors (Lipinski definition) is 4. The molecule has 200 valence electrons. The third kappa shape index (κ3) is 10.4. The van der Waals surface area contributed by atoms with Crippen LogP contribution in [-0.2, 0) is 37.3 Å². The van der Waals surface area contributed by atoms with E-state index in [-0.39, 0.29) is 43.5 Å². The van der Waals surface area contributed by atoms with Crippen LogP contribution in [0.5, 0.6) is 0 Å². The second kappa shape index (κ2) is 14.0.